The van der Waals surface area contributed by atoms with Crippen molar-refractivity contribution in [2.75, 3.05) is 7.11 Å². The summed E-state index contributed by atoms with van der Waals surface area (Å²) in [6, 6.07) is 0. The van der Waals surface area contributed by atoms with Crippen LogP contribution in [0.3, 0.4) is 0 Å². The van der Waals surface area contributed by atoms with Gasteiger partial charge in [-0.2, -0.15) is 0 Å². The Kier molecular flexibility index (Phi) is 1.96. The van der Waals surface area contributed by atoms with Crippen molar-refractivity contribution < 1.29 is 14.3 Å². The first-order valence-electron chi connectivity index (χ1n) is 5.68. The van der Waals surface area contributed by atoms with Gasteiger partial charge in [0.25, 0.3) is 0 Å². The number of rotatable bonds is 1. The fraction of sp³-hybridized carbons (Fsp3) is 0.538. The summed E-state index contributed by atoms with van der Waals surface area (Å²) < 4.78 is 5.56. The number of ketones is 2. The number of carbonyl (C=O) groups is 2. The van der Waals surface area contributed by atoms with Gasteiger partial charge < -0.3 is 4.74 Å². The molecule has 1 fully saturated rings. The van der Waals surface area contributed by atoms with Crippen LogP contribution in [0.4, 0.5) is 0 Å². The Labute approximate surface area is 94.2 Å². The molecule has 0 aromatic heterocycles. The summed E-state index contributed by atoms with van der Waals surface area (Å²) in [7, 11) is 1.63. The van der Waals surface area contributed by atoms with Crippen molar-refractivity contribution in [1.29, 1.82) is 0 Å². The Morgan fingerprint density at radius 2 is 2.06 bits per heavy atom. The third-order valence-corrected chi connectivity index (χ3v) is 4.27. The summed E-state index contributed by atoms with van der Waals surface area (Å²) in [5.41, 5.74) is -0.531. The van der Waals surface area contributed by atoms with Crippen LogP contribution >= 0.6 is 0 Å². The molecule has 3 heteroatoms. The smallest absolute Gasteiger partial charge is 0.162 e. The highest BCUT2D eigenvalue weighted by Gasteiger charge is 2.56. The average Bonchev–Trinajstić information content (AvgIpc) is 2.35. The lowest BCUT2D eigenvalue weighted by Gasteiger charge is -2.51. The fourth-order valence-corrected chi connectivity index (χ4v) is 3.44. The van der Waals surface area contributed by atoms with E-state index in [0.717, 1.165) is 12.8 Å². The number of allylic oxidation sites excluding steroid dienone is 3. The molecule has 4 rings (SSSR count). The molecule has 2 bridgehead atoms. The van der Waals surface area contributed by atoms with E-state index in [9.17, 15) is 9.59 Å². The molecule has 4 aliphatic carbocycles. The Balaban J connectivity index is 2.14. The summed E-state index contributed by atoms with van der Waals surface area (Å²) in [6.45, 7) is 0. The fourth-order valence-electron chi connectivity index (χ4n) is 3.44. The highest BCUT2D eigenvalue weighted by Crippen LogP contribution is 2.51. The van der Waals surface area contributed by atoms with Gasteiger partial charge in [0.1, 0.15) is 0 Å². The molecule has 0 radical (unpaired) electrons. The van der Waals surface area contributed by atoms with Crippen LogP contribution in [0.1, 0.15) is 12.8 Å². The van der Waals surface area contributed by atoms with Gasteiger partial charge in [-0.1, -0.05) is 12.2 Å². The van der Waals surface area contributed by atoms with Crippen LogP contribution in [-0.2, 0) is 14.3 Å². The minimum absolute atomic E-state index is 0.0421. The number of methoxy groups -OCH3 is 1. The van der Waals surface area contributed by atoms with Gasteiger partial charge in [-0.3, -0.25) is 9.59 Å². The van der Waals surface area contributed by atoms with Crippen LogP contribution in [-0.4, -0.2) is 24.3 Å². The van der Waals surface area contributed by atoms with Crippen molar-refractivity contribution in [3.63, 3.8) is 0 Å². The molecule has 0 aromatic carbocycles. The number of carbonyl (C=O) groups excluding carboxylic acids is 2. The Morgan fingerprint density at radius 1 is 1.31 bits per heavy atom. The highest BCUT2D eigenvalue weighted by atomic mass is 16.5. The van der Waals surface area contributed by atoms with Gasteiger partial charge in [0.2, 0.25) is 0 Å². The number of fused-ring (bicyclic) bond motifs is 1. The molecule has 0 amide bonds. The molecular formula is C13H14O3. The molecule has 2 unspecified atom stereocenters. The van der Waals surface area contributed by atoms with E-state index < -0.39 is 5.60 Å². The normalized spacial score (nSPS) is 44.9. The van der Waals surface area contributed by atoms with E-state index in [-0.39, 0.29) is 29.3 Å². The monoisotopic (exact) mass is 218 g/mol. The Hall–Kier alpha value is -1.22. The third-order valence-electron chi connectivity index (χ3n) is 4.27. The van der Waals surface area contributed by atoms with E-state index in [1.807, 2.05) is 6.08 Å². The van der Waals surface area contributed by atoms with Crippen LogP contribution in [0, 0.1) is 17.8 Å². The zero-order chi connectivity index (χ0) is 11.3. The quantitative estimate of drug-likeness (QED) is 0.623. The second kappa shape index (κ2) is 3.14. The third kappa shape index (κ3) is 1.07. The van der Waals surface area contributed by atoms with Crippen molar-refractivity contribution in [2.24, 2.45) is 17.8 Å². The van der Waals surface area contributed by atoms with Crippen LogP contribution in [0.5, 0.6) is 0 Å². The molecule has 16 heavy (non-hydrogen) atoms. The first-order chi connectivity index (χ1) is 7.68. The van der Waals surface area contributed by atoms with Crippen molar-refractivity contribution >= 4 is 11.6 Å². The lowest BCUT2D eigenvalue weighted by molar-refractivity contribution is -0.150. The molecule has 3 nitrogen and oxygen atoms in total. The van der Waals surface area contributed by atoms with Gasteiger partial charge >= 0.3 is 0 Å². The van der Waals surface area contributed by atoms with E-state index in [4.69, 9.17) is 4.74 Å². The standard InChI is InChI=1S/C13H14O3/c1-16-13-6-4-8(5-7-13)11-9(14)2-3-10(15)12(11)13/h2-4,6,8,11-12H,5,7H2,1H3/t8-,11?,12?,13-/m1/s1. The van der Waals surface area contributed by atoms with Gasteiger partial charge in [0.15, 0.2) is 11.6 Å². The molecule has 0 N–H and O–H groups in total. The van der Waals surface area contributed by atoms with Crippen molar-refractivity contribution in [3.8, 4) is 0 Å². The average molecular weight is 218 g/mol. The van der Waals surface area contributed by atoms with E-state index in [2.05, 4.69) is 6.08 Å². The second-order valence-corrected chi connectivity index (χ2v) is 4.86. The van der Waals surface area contributed by atoms with Gasteiger partial charge in [0, 0.05) is 13.0 Å². The summed E-state index contributed by atoms with van der Waals surface area (Å²) in [5, 5.41) is 0. The minimum atomic E-state index is -0.531. The van der Waals surface area contributed by atoms with Crippen LogP contribution in [0.15, 0.2) is 24.3 Å². The molecule has 4 atom stereocenters. The number of ether oxygens (including phenoxy) is 1. The van der Waals surface area contributed by atoms with Crippen LogP contribution < -0.4 is 0 Å². The summed E-state index contributed by atoms with van der Waals surface area (Å²) in [5.74, 6) is -0.126. The SMILES string of the molecule is CO[C@]12C=C[C@H](CC1)C1C(=O)C=CC(=O)C12. The molecule has 1 saturated carbocycles. The first kappa shape index (κ1) is 9.97. The van der Waals surface area contributed by atoms with Crippen molar-refractivity contribution in [3.05, 3.63) is 24.3 Å². The largest absolute Gasteiger partial charge is 0.373 e. The second-order valence-electron chi connectivity index (χ2n) is 4.86. The maximum atomic E-state index is 12.0. The van der Waals surface area contributed by atoms with E-state index in [0.29, 0.717) is 0 Å². The lowest BCUT2D eigenvalue weighted by Crippen LogP contribution is -2.57. The topological polar surface area (TPSA) is 43.4 Å². The Bertz CT molecular complexity index is 421. The van der Waals surface area contributed by atoms with Crippen LogP contribution in [0.25, 0.3) is 0 Å². The minimum Gasteiger partial charge on any atom is -0.373 e. The highest BCUT2D eigenvalue weighted by molar-refractivity contribution is 6.08. The first-order valence-corrected chi connectivity index (χ1v) is 5.68. The molecule has 0 spiro atoms. The molecule has 84 valence electrons. The lowest BCUT2D eigenvalue weighted by atomic mass is 9.56. The molecule has 4 aliphatic rings. The zero-order valence-electron chi connectivity index (χ0n) is 9.18. The predicted octanol–water partition coefficient (Wildman–Crippen LogP) is 1.29. The van der Waals surface area contributed by atoms with E-state index >= 15 is 0 Å². The predicted molar refractivity (Wildman–Crippen MR) is 57.7 cm³/mol. The molecule has 0 aromatic rings. The van der Waals surface area contributed by atoms with Crippen molar-refractivity contribution in [1.82, 2.24) is 0 Å². The van der Waals surface area contributed by atoms with Gasteiger partial charge in [0.05, 0.1) is 11.5 Å². The maximum Gasteiger partial charge on any atom is 0.162 e. The van der Waals surface area contributed by atoms with Crippen LogP contribution in [0.2, 0.25) is 0 Å². The van der Waals surface area contributed by atoms with Gasteiger partial charge in [-0.25, -0.2) is 0 Å². The van der Waals surface area contributed by atoms with E-state index in [1.165, 1.54) is 12.2 Å². The number of hydrogen-bond donors (Lipinski definition) is 0. The van der Waals surface area contributed by atoms with Gasteiger partial charge in [-0.05, 0) is 30.9 Å². The summed E-state index contributed by atoms with van der Waals surface area (Å²) in [6.07, 6.45) is 8.68. The summed E-state index contributed by atoms with van der Waals surface area (Å²) >= 11 is 0. The molecule has 0 heterocycles. The Morgan fingerprint density at radius 3 is 2.69 bits per heavy atom. The molecule has 0 aliphatic heterocycles. The molecule has 0 saturated heterocycles. The van der Waals surface area contributed by atoms with E-state index in [1.54, 1.807) is 7.11 Å². The molecular weight excluding hydrogens is 204 g/mol. The van der Waals surface area contributed by atoms with Crippen molar-refractivity contribution in [2.45, 2.75) is 18.4 Å². The number of hydrogen-bond acceptors (Lipinski definition) is 3. The summed E-state index contributed by atoms with van der Waals surface area (Å²) in [4.78, 5) is 23.9. The maximum absolute atomic E-state index is 12.0. The zero-order valence-corrected chi connectivity index (χ0v) is 9.18. The van der Waals surface area contributed by atoms with Gasteiger partial charge in [-0.15, -0.1) is 0 Å².